The van der Waals surface area contributed by atoms with Crippen LogP contribution in [0.2, 0.25) is 0 Å². The molecule has 0 saturated heterocycles. The first kappa shape index (κ1) is 15.5. The SMILES string of the molecule is Cc1nc(C(=O)NC2CCCCCC2C)ccc1C(=O)O. The first-order valence-corrected chi connectivity index (χ1v) is 7.51. The second kappa shape index (κ2) is 6.70. The molecule has 5 heteroatoms. The van der Waals surface area contributed by atoms with Gasteiger partial charge in [-0.15, -0.1) is 0 Å². The number of carbonyl (C=O) groups is 2. The van der Waals surface area contributed by atoms with Gasteiger partial charge in [-0.05, 0) is 37.8 Å². The van der Waals surface area contributed by atoms with Gasteiger partial charge in [-0.3, -0.25) is 4.79 Å². The molecule has 1 saturated carbocycles. The molecule has 0 bridgehead atoms. The quantitative estimate of drug-likeness (QED) is 0.839. The van der Waals surface area contributed by atoms with Crippen molar-refractivity contribution >= 4 is 11.9 Å². The summed E-state index contributed by atoms with van der Waals surface area (Å²) in [5.41, 5.74) is 0.785. The monoisotopic (exact) mass is 290 g/mol. The van der Waals surface area contributed by atoms with Gasteiger partial charge in [-0.2, -0.15) is 0 Å². The van der Waals surface area contributed by atoms with Crippen molar-refractivity contribution in [3.8, 4) is 0 Å². The summed E-state index contributed by atoms with van der Waals surface area (Å²) in [6.45, 7) is 3.77. The normalized spacial score (nSPS) is 22.4. The van der Waals surface area contributed by atoms with E-state index in [1.54, 1.807) is 6.92 Å². The maximum absolute atomic E-state index is 12.3. The topological polar surface area (TPSA) is 79.3 Å². The van der Waals surface area contributed by atoms with Crippen molar-refractivity contribution in [3.63, 3.8) is 0 Å². The van der Waals surface area contributed by atoms with Crippen LogP contribution >= 0.6 is 0 Å². The Hall–Kier alpha value is -1.91. The van der Waals surface area contributed by atoms with Gasteiger partial charge in [0.1, 0.15) is 5.69 Å². The summed E-state index contributed by atoms with van der Waals surface area (Å²) < 4.78 is 0. The molecule has 2 atom stereocenters. The molecule has 1 aromatic heterocycles. The van der Waals surface area contributed by atoms with Crippen LogP contribution in [0.15, 0.2) is 12.1 Å². The fourth-order valence-electron chi connectivity index (χ4n) is 2.86. The van der Waals surface area contributed by atoms with Gasteiger partial charge in [0.25, 0.3) is 5.91 Å². The Bertz CT molecular complexity index is 542. The van der Waals surface area contributed by atoms with E-state index in [4.69, 9.17) is 5.11 Å². The smallest absolute Gasteiger partial charge is 0.337 e. The van der Waals surface area contributed by atoms with Crippen molar-refractivity contribution in [2.45, 2.75) is 52.0 Å². The number of pyridine rings is 1. The molecule has 0 aromatic carbocycles. The van der Waals surface area contributed by atoms with Crippen LogP contribution in [-0.4, -0.2) is 28.0 Å². The molecule has 1 aliphatic rings. The van der Waals surface area contributed by atoms with Crippen molar-refractivity contribution in [2.75, 3.05) is 0 Å². The number of carboxylic acids is 1. The molecule has 5 nitrogen and oxygen atoms in total. The zero-order valence-electron chi connectivity index (χ0n) is 12.6. The fourth-order valence-corrected chi connectivity index (χ4v) is 2.86. The number of hydrogen-bond donors (Lipinski definition) is 2. The summed E-state index contributed by atoms with van der Waals surface area (Å²) in [4.78, 5) is 27.4. The molecule has 1 heterocycles. The van der Waals surface area contributed by atoms with Crippen molar-refractivity contribution < 1.29 is 14.7 Å². The van der Waals surface area contributed by atoms with Crippen LogP contribution in [0.25, 0.3) is 0 Å². The number of nitrogens with one attached hydrogen (secondary N) is 1. The minimum absolute atomic E-state index is 0.134. The van der Waals surface area contributed by atoms with Gasteiger partial charge < -0.3 is 10.4 Å². The third-order valence-corrected chi connectivity index (χ3v) is 4.23. The van der Waals surface area contributed by atoms with E-state index in [1.807, 2.05) is 0 Å². The molecule has 1 amide bonds. The summed E-state index contributed by atoms with van der Waals surface area (Å²) in [5, 5.41) is 12.0. The average Bonchev–Trinajstić information content (AvgIpc) is 2.63. The van der Waals surface area contributed by atoms with E-state index in [0.717, 1.165) is 19.3 Å². The Morgan fingerprint density at radius 3 is 2.62 bits per heavy atom. The summed E-state index contributed by atoms with van der Waals surface area (Å²) in [6, 6.07) is 3.10. The Balaban J connectivity index is 2.09. The highest BCUT2D eigenvalue weighted by Crippen LogP contribution is 2.23. The third kappa shape index (κ3) is 3.80. The van der Waals surface area contributed by atoms with Gasteiger partial charge in [-0.1, -0.05) is 26.2 Å². The predicted molar refractivity (Wildman–Crippen MR) is 79.4 cm³/mol. The molecular formula is C16H22N2O3. The van der Waals surface area contributed by atoms with Crippen LogP contribution in [0.5, 0.6) is 0 Å². The van der Waals surface area contributed by atoms with Crippen molar-refractivity contribution in [2.24, 2.45) is 5.92 Å². The number of aromatic carboxylic acids is 1. The molecule has 0 aliphatic heterocycles. The summed E-state index contributed by atoms with van der Waals surface area (Å²) in [7, 11) is 0. The van der Waals surface area contributed by atoms with Crippen molar-refractivity contribution in [1.29, 1.82) is 0 Å². The summed E-state index contributed by atoms with van der Waals surface area (Å²) in [5.74, 6) is -0.769. The maximum Gasteiger partial charge on any atom is 0.337 e. The maximum atomic E-state index is 12.3. The molecule has 0 spiro atoms. The lowest BCUT2D eigenvalue weighted by Gasteiger charge is -2.22. The van der Waals surface area contributed by atoms with Crippen molar-refractivity contribution in [1.82, 2.24) is 10.3 Å². The van der Waals surface area contributed by atoms with Gasteiger partial charge in [-0.25, -0.2) is 9.78 Å². The zero-order chi connectivity index (χ0) is 15.4. The van der Waals surface area contributed by atoms with E-state index in [9.17, 15) is 9.59 Å². The lowest BCUT2D eigenvalue weighted by molar-refractivity contribution is 0.0694. The highest BCUT2D eigenvalue weighted by Gasteiger charge is 2.23. The number of aryl methyl sites for hydroxylation is 1. The molecule has 1 aliphatic carbocycles. The lowest BCUT2D eigenvalue weighted by atomic mass is 9.97. The predicted octanol–water partition coefficient (Wildman–Crippen LogP) is 2.79. The molecule has 1 fully saturated rings. The van der Waals surface area contributed by atoms with E-state index in [2.05, 4.69) is 17.2 Å². The number of rotatable bonds is 3. The first-order valence-electron chi connectivity index (χ1n) is 7.51. The largest absolute Gasteiger partial charge is 0.478 e. The van der Waals surface area contributed by atoms with Crippen LogP contribution in [0.4, 0.5) is 0 Å². The molecule has 1 aromatic rings. The van der Waals surface area contributed by atoms with E-state index in [-0.39, 0.29) is 23.2 Å². The molecule has 2 unspecified atom stereocenters. The average molecular weight is 290 g/mol. The second-order valence-electron chi connectivity index (χ2n) is 5.83. The van der Waals surface area contributed by atoms with Gasteiger partial charge in [0, 0.05) is 6.04 Å². The van der Waals surface area contributed by atoms with E-state index < -0.39 is 5.97 Å². The number of carboxylic acid groups (broad SMARTS) is 1. The van der Waals surface area contributed by atoms with Crippen LogP contribution in [-0.2, 0) is 0 Å². The van der Waals surface area contributed by atoms with Crippen molar-refractivity contribution in [3.05, 3.63) is 29.1 Å². The highest BCUT2D eigenvalue weighted by atomic mass is 16.4. The minimum atomic E-state index is -1.02. The second-order valence-corrected chi connectivity index (χ2v) is 5.83. The molecule has 0 radical (unpaired) electrons. The Morgan fingerprint density at radius 2 is 1.95 bits per heavy atom. The minimum Gasteiger partial charge on any atom is -0.478 e. The van der Waals surface area contributed by atoms with Gasteiger partial charge in [0.2, 0.25) is 0 Å². The molecule has 2 N–H and O–H groups in total. The molecule has 21 heavy (non-hydrogen) atoms. The van der Waals surface area contributed by atoms with E-state index in [1.165, 1.54) is 25.0 Å². The Kier molecular flexibility index (Phi) is 4.94. The number of amides is 1. The van der Waals surface area contributed by atoms with Crippen LogP contribution in [0, 0.1) is 12.8 Å². The molecular weight excluding hydrogens is 268 g/mol. The van der Waals surface area contributed by atoms with Gasteiger partial charge in [0.15, 0.2) is 0 Å². The van der Waals surface area contributed by atoms with Crippen LogP contribution in [0.1, 0.15) is 65.6 Å². The summed E-state index contributed by atoms with van der Waals surface area (Å²) in [6.07, 6.45) is 5.72. The number of hydrogen-bond acceptors (Lipinski definition) is 3. The summed E-state index contributed by atoms with van der Waals surface area (Å²) >= 11 is 0. The van der Waals surface area contributed by atoms with Crippen LogP contribution < -0.4 is 5.32 Å². The standard InChI is InChI=1S/C16H22N2O3/c1-10-6-4-3-5-7-13(10)18-15(19)14-9-8-12(16(20)21)11(2)17-14/h8-10,13H,3-7H2,1-2H3,(H,18,19)(H,20,21). The lowest BCUT2D eigenvalue weighted by Crippen LogP contribution is -2.39. The molecule has 2 rings (SSSR count). The zero-order valence-corrected chi connectivity index (χ0v) is 12.6. The Morgan fingerprint density at radius 1 is 1.24 bits per heavy atom. The van der Waals surface area contributed by atoms with Gasteiger partial charge >= 0.3 is 5.97 Å². The van der Waals surface area contributed by atoms with Crippen LogP contribution in [0.3, 0.4) is 0 Å². The third-order valence-electron chi connectivity index (χ3n) is 4.23. The molecule has 114 valence electrons. The number of carbonyl (C=O) groups excluding carboxylic acids is 1. The number of aromatic nitrogens is 1. The van der Waals surface area contributed by atoms with E-state index in [0.29, 0.717) is 11.6 Å². The highest BCUT2D eigenvalue weighted by molar-refractivity contribution is 5.94. The fraction of sp³-hybridized carbons (Fsp3) is 0.562. The van der Waals surface area contributed by atoms with Gasteiger partial charge in [0.05, 0.1) is 11.3 Å². The van der Waals surface area contributed by atoms with E-state index >= 15 is 0 Å². The Labute approximate surface area is 124 Å². The number of nitrogens with zero attached hydrogens (tertiary/aromatic N) is 1. The first-order chi connectivity index (χ1) is 9.99.